The van der Waals surface area contributed by atoms with E-state index in [1.807, 2.05) is 37.4 Å². The Morgan fingerprint density at radius 2 is 2.00 bits per heavy atom. The van der Waals surface area contributed by atoms with E-state index in [4.69, 9.17) is 0 Å². The van der Waals surface area contributed by atoms with Crippen LogP contribution in [0.2, 0.25) is 0 Å². The van der Waals surface area contributed by atoms with Crippen molar-refractivity contribution in [3.63, 3.8) is 0 Å². The van der Waals surface area contributed by atoms with E-state index >= 15 is 0 Å². The van der Waals surface area contributed by atoms with Crippen LogP contribution in [-0.4, -0.2) is 15.9 Å². The third kappa shape index (κ3) is 3.77. The number of nitrogens with one attached hydrogen (secondary N) is 2. The van der Waals surface area contributed by atoms with Crippen LogP contribution < -0.4 is 5.32 Å². The van der Waals surface area contributed by atoms with Gasteiger partial charge in [-0.05, 0) is 49.1 Å². The molecule has 118 valence electrons. The quantitative estimate of drug-likeness (QED) is 0.728. The summed E-state index contributed by atoms with van der Waals surface area (Å²) in [6.45, 7) is 1.99. The minimum absolute atomic E-state index is 0.0126. The fourth-order valence-corrected chi connectivity index (χ4v) is 2.83. The summed E-state index contributed by atoms with van der Waals surface area (Å²) in [5.41, 5.74) is 3.50. The summed E-state index contributed by atoms with van der Waals surface area (Å²) < 4.78 is 0. The van der Waals surface area contributed by atoms with Gasteiger partial charge in [0, 0.05) is 35.9 Å². The molecule has 1 amide bonds. The molecule has 0 aliphatic heterocycles. The lowest BCUT2D eigenvalue weighted by atomic mass is 10.1. The molecule has 0 unspecified atom stereocenters. The van der Waals surface area contributed by atoms with E-state index in [0.29, 0.717) is 6.42 Å². The lowest BCUT2D eigenvalue weighted by Crippen LogP contribution is -2.26. The van der Waals surface area contributed by atoms with Gasteiger partial charge in [0.25, 0.3) is 0 Å². The maximum atomic E-state index is 12.1. The zero-order valence-electron chi connectivity index (χ0n) is 13.3. The van der Waals surface area contributed by atoms with Crippen molar-refractivity contribution in [2.45, 2.75) is 32.2 Å². The van der Waals surface area contributed by atoms with Gasteiger partial charge in [-0.15, -0.1) is 0 Å². The van der Waals surface area contributed by atoms with Crippen LogP contribution in [0.15, 0.2) is 55.0 Å². The van der Waals surface area contributed by atoms with Crippen LogP contribution in [0, 0.1) is 0 Å². The van der Waals surface area contributed by atoms with Crippen molar-refractivity contribution in [3.8, 4) is 0 Å². The van der Waals surface area contributed by atoms with Crippen molar-refractivity contribution >= 4 is 16.8 Å². The number of H-pyrrole nitrogens is 1. The lowest BCUT2D eigenvalue weighted by Gasteiger charge is -2.13. The number of para-hydroxylation sites is 1. The minimum Gasteiger partial charge on any atom is -0.361 e. The number of benzene rings is 1. The Morgan fingerprint density at radius 1 is 1.22 bits per heavy atom. The molecule has 0 aliphatic carbocycles. The topological polar surface area (TPSA) is 57.8 Å². The highest BCUT2D eigenvalue weighted by atomic mass is 16.1. The number of aromatic amines is 1. The van der Waals surface area contributed by atoms with Gasteiger partial charge in [-0.1, -0.05) is 18.2 Å². The fraction of sp³-hybridized carbons (Fsp3) is 0.263. The second kappa shape index (κ2) is 7.09. The highest BCUT2D eigenvalue weighted by Crippen LogP contribution is 2.19. The predicted octanol–water partition coefficient (Wildman–Crippen LogP) is 3.76. The van der Waals surface area contributed by atoms with E-state index in [2.05, 4.69) is 27.4 Å². The van der Waals surface area contributed by atoms with E-state index in [0.717, 1.165) is 23.9 Å². The maximum Gasteiger partial charge on any atom is 0.220 e. The van der Waals surface area contributed by atoms with E-state index in [1.54, 1.807) is 12.4 Å². The van der Waals surface area contributed by atoms with Gasteiger partial charge in [0.05, 0.1) is 6.04 Å². The van der Waals surface area contributed by atoms with Gasteiger partial charge in [-0.25, -0.2) is 0 Å². The van der Waals surface area contributed by atoms with Crippen molar-refractivity contribution < 1.29 is 4.79 Å². The number of nitrogens with zero attached hydrogens (tertiary/aromatic N) is 1. The number of fused-ring (bicyclic) bond motifs is 1. The van der Waals surface area contributed by atoms with E-state index in [-0.39, 0.29) is 11.9 Å². The molecule has 3 rings (SSSR count). The van der Waals surface area contributed by atoms with Crippen molar-refractivity contribution in [3.05, 3.63) is 66.1 Å². The monoisotopic (exact) mass is 307 g/mol. The summed E-state index contributed by atoms with van der Waals surface area (Å²) in [6, 6.07) is 12.1. The van der Waals surface area contributed by atoms with Gasteiger partial charge in [-0.3, -0.25) is 9.78 Å². The van der Waals surface area contributed by atoms with Gasteiger partial charge in [0.2, 0.25) is 5.91 Å². The molecule has 0 spiro atoms. The molecule has 2 N–H and O–H groups in total. The number of hydrogen-bond acceptors (Lipinski definition) is 2. The number of aryl methyl sites for hydroxylation is 1. The molecule has 2 aromatic heterocycles. The summed E-state index contributed by atoms with van der Waals surface area (Å²) in [6.07, 6.45) is 7.82. The molecular weight excluding hydrogens is 286 g/mol. The van der Waals surface area contributed by atoms with Crippen LogP contribution in [0.25, 0.3) is 10.9 Å². The highest BCUT2D eigenvalue weighted by molar-refractivity contribution is 5.83. The first-order chi connectivity index (χ1) is 11.2. The molecule has 0 bridgehead atoms. The highest BCUT2D eigenvalue weighted by Gasteiger charge is 2.10. The number of pyridine rings is 1. The zero-order valence-corrected chi connectivity index (χ0v) is 13.3. The van der Waals surface area contributed by atoms with Crippen LogP contribution in [0.4, 0.5) is 0 Å². The number of rotatable bonds is 6. The molecule has 4 nitrogen and oxygen atoms in total. The number of carbonyl (C=O) groups is 1. The molecule has 0 saturated carbocycles. The molecule has 0 aliphatic rings. The maximum absolute atomic E-state index is 12.1. The van der Waals surface area contributed by atoms with Gasteiger partial charge in [0.1, 0.15) is 0 Å². The summed E-state index contributed by atoms with van der Waals surface area (Å²) in [5.74, 6) is 0.0918. The fourth-order valence-electron chi connectivity index (χ4n) is 2.83. The van der Waals surface area contributed by atoms with Gasteiger partial charge in [0.15, 0.2) is 0 Å². The second-order valence-corrected chi connectivity index (χ2v) is 5.78. The SMILES string of the molecule is C[C@H](NC(=O)CCCc1c[nH]c2ccccc12)c1ccncc1. The van der Waals surface area contributed by atoms with Crippen LogP contribution in [0.1, 0.15) is 36.9 Å². The molecule has 0 fully saturated rings. The minimum atomic E-state index is 0.0126. The number of hydrogen-bond donors (Lipinski definition) is 2. The molecule has 0 saturated heterocycles. The Balaban J connectivity index is 1.50. The number of aromatic nitrogens is 2. The second-order valence-electron chi connectivity index (χ2n) is 5.78. The molecule has 1 aromatic carbocycles. The van der Waals surface area contributed by atoms with E-state index in [1.165, 1.54) is 10.9 Å². The number of amides is 1. The summed E-state index contributed by atoms with van der Waals surface area (Å²) in [7, 11) is 0. The van der Waals surface area contributed by atoms with Crippen LogP contribution in [-0.2, 0) is 11.2 Å². The molecule has 3 aromatic rings. The first kappa shape index (κ1) is 15.3. The Bertz CT molecular complexity index is 779. The van der Waals surface area contributed by atoms with Crippen molar-refractivity contribution in [1.29, 1.82) is 0 Å². The Labute approximate surface area is 136 Å². The smallest absolute Gasteiger partial charge is 0.220 e. The first-order valence-corrected chi connectivity index (χ1v) is 7.98. The normalized spacial score (nSPS) is 12.2. The van der Waals surface area contributed by atoms with Crippen molar-refractivity contribution in [2.75, 3.05) is 0 Å². The molecule has 1 atom stereocenters. The summed E-state index contributed by atoms with van der Waals surface area (Å²) in [5, 5.41) is 4.29. The Hall–Kier alpha value is -2.62. The average Bonchev–Trinajstić information content (AvgIpc) is 2.99. The Morgan fingerprint density at radius 3 is 2.83 bits per heavy atom. The first-order valence-electron chi connectivity index (χ1n) is 7.98. The van der Waals surface area contributed by atoms with Crippen LogP contribution in [0.5, 0.6) is 0 Å². The summed E-state index contributed by atoms with van der Waals surface area (Å²) in [4.78, 5) is 19.4. The Kier molecular flexibility index (Phi) is 4.71. The standard InChI is InChI=1S/C19H21N3O/c1-14(15-9-11-20-12-10-15)22-19(23)8-4-5-16-13-21-18-7-3-2-6-17(16)18/h2-3,6-7,9-14,21H,4-5,8H2,1H3,(H,22,23)/t14-/m0/s1. The molecular formula is C19H21N3O. The molecule has 4 heteroatoms. The largest absolute Gasteiger partial charge is 0.361 e. The number of carbonyl (C=O) groups excluding carboxylic acids is 1. The van der Waals surface area contributed by atoms with Crippen LogP contribution >= 0.6 is 0 Å². The third-order valence-electron chi connectivity index (χ3n) is 4.11. The molecule has 23 heavy (non-hydrogen) atoms. The van der Waals surface area contributed by atoms with Crippen molar-refractivity contribution in [1.82, 2.24) is 15.3 Å². The predicted molar refractivity (Wildman–Crippen MR) is 92.0 cm³/mol. The molecule has 0 radical (unpaired) electrons. The van der Waals surface area contributed by atoms with Gasteiger partial charge < -0.3 is 10.3 Å². The third-order valence-corrected chi connectivity index (χ3v) is 4.11. The van der Waals surface area contributed by atoms with E-state index in [9.17, 15) is 4.79 Å². The lowest BCUT2D eigenvalue weighted by molar-refractivity contribution is -0.121. The van der Waals surface area contributed by atoms with E-state index < -0.39 is 0 Å². The van der Waals surface area contributed by atoms with Crippen molar-refractivity contribution in [2.24, 2.45) is 0 Å². The van der Waals surface area contributed by atoms with Crippen LogP contribution in [0.3, 0.4) is 0 Å². The zero-order chi connectivity index (χ0) is 16.1. The van der Waals surface area contributed by atoms with Gasteiger partial charge in [-0.2, -0.15) is 0 Å². The average molecular weight is 307 g/mol. The van der Waals surface area contributed by atoms with Gasteiger partial charge >= 0.3 is 0 Å². The summed E-state index contributed by atoms with van der Waals surface area (Å²) >= 11 is 0. The molecule has 2 heterocycles.